The van der Waals surface area contributed by atoms with E-state index in [1.54, 1.807) is 7.05 Å². The molecule has 0 radical (unpaired) electrons. The van der Waals surface area contributed by atoms with Crippen LogP contribution in [0.3, 0.4) is 0 Å². The molecule has 3 fully saturated rings. The Balaban J connectivity index is 1.38. The first-order chi connectivity index (χ1) is 12.8. The van der Waals surface area contributed by atoms with E-state index in [9.17, 15) is 13.2 Å². The molecule has 0 unspecified atom stereocenters. The summed E-state index contributed by atoms with van der Waals surface area (Å²) in [6, 6.07) is 0.179. The Bertz CT molecular complexity index is 806. The molecule has 1 aliphatic heterocycles. The number of nitrogens with zero attached hydrogens (tertiary/aromatic N) is 3. The van der Waals surface area contributed by atoms with Gasteiger partial charge in [0.2, 0.25) is 15.9 Å². The van der Waals surface area contributed by atoms with Gasteiger partial charge in [-0.1, -0.05) is 6.42 Å². The van der Waals surface area contributed by atoms with E-state index in [1.807, 2.05) is 0 Å². The normalized spacial score (nSPS) is 32.5. The van der Waals surface area contributed by atoms with Crippen LogP contribution in [0.15, 0.2) is 17.3 Å². The number of amides is 1. The van der Waals surface area contributed by atoms with E-state index in [4.69, 9.17) is 0 Å². The average Bonchev–Trinajstić information content (AvgIpc) is 3.38. The standard InChI is InChI=1S/C19H30N4O3S/c1-13(18-9-14-5-6-15(18)8-14)21-19(24)16-4-3-7-23(11-16)27(25,26)17-10-20-22(2)12-17/h10,12-16,18H,3-9,11H2,1-2H3,(H,21,24)/t13-,14-,15-,16-,18-/m0/s1. The van der Waals surface area contributed by atoms with Gasteiger partial charge < -0.3 is 5.32 Å². The number of carbonyl (C=O) groups is 1. The lowest BCUT2D eigenvalue weighted by Crippen LogP contribution is -2.48. The number of rotatable bonds is 5. The number of aromatic nitrogens is 2. The highest BCUT2D eigenvalue weighted by atomic mass is 32.2. The van der Waals surface area contributed by atoms with Gasteiger partial charge in [-0.15, -0.1) is 0 Å². The highest BCUT2D eigenvalue weighted by molar-refractivity contribution is 7.89. The van der Waals surface area contributed by atoms with Crippen molar-refractivity contribution in [2.45, 2.75) is 56.4 Å². The Morgan fingerprint density at radius 1 is 1.30 bits per heavy atom. The molecule has 1 saturated heterocycles. The first-order valence-electron chi connectivity index (χ1n) is 10.1. The van der Waals surface area contributed by atoms with Crippen LogP contribution in [0.1, 0.15) is 45.4 Å². The van der Waals surface area contributed by atoms with Crippen LogP contribution in [0, 0.1) is 23.7 Å². The molecule has 2 bridgehead atoms. The molecular weight excluding hydrogens is 364 g/mol. The first kappa shape index (κ1) is 18.9. The second-order valence-corrected chi connectivity index (χ2v) is 10.6. The number of fused-ring (bicyclic) bond motifs is 2. The van der Waals surface area contributed by atoms with Gasteiger partial charge in [0.25, 0.3) is 0 Å². The smallest absolute Gasteiger partial charge is 0.246 e. The van der Waals surface area contributed by atoms with Gasteiger partial charge in [-0.05, 0) is 56.8 Å². The zero-order valence-corrected chi connectivity index (χ0v) is 17.0. The topological polar surface area (TPSA) is 84.3 Å². The molecule has 4 rings (SSSR count). The number of carbonyl (C=O) groups excluding carboxylic acids is 1. The molecule has 1 aromatic rings. The minimum absolute atomic E-state index is 0.0105. The molecule has 1 amide bonds. The fraction of sp³-hybridized carbons (Fsp3) is 0.789. The third-order valence-corrected chi connectivity index (χ3v) is 8.70. The summed E-state index contributed by atoms with van der Waals surface area (Å²) in [5, 5.41) is 7.18. The summed E-state index contributed by atoms with van der Waals surface area (Å²) in [6.45, 7) is 2.84. The lowest BCUT2D eigenvalue weighted by atomic mass is 9.83. The molecule has 3 aliphatic rings. The van der Waals surface area contributed by atoms with Crippen LogP contribution < -0.4 is 5.32 Å². The summed E-state index contributed by atoms with van der Waals surface area (Å²) in [7, 11) is -1.89. The van der Waals surface area contributed by atoms with Gasteiger partial charge in [0.15, 0.2) is 0 Å². The molecule has 1 aromatic heterocycles. The van der Waals surface area contributed by atoms with E-state index in [0.717, 1.165) is 18.3 Å². The molecule has 2 aliphatic carbocycles. The van der Waals surface area contributed by atoms with Crippen molar-refractivity contribution in [3.05, 3.63) is 12.4 Å². The summed E-state index contributed by atoms with van der Waals surface area (Å²) in [6.07, 6.45) is 9.55. The van der Waals surface area contributed by atoms with E-state index < -0.39 is 10.0 Å². The maximum Gasteiger partial charge on any atom is 0.246 e. The Hall–Kier alpha value is -1.41. The number of piperidine rings is 1. The maximum atomic E-state index is 12.8. The summed E-state index contributed by atoms with van der Waals surface area (Å²) in [5.41, 5.74) is 0. The van der Waals surface area contributed by atoms with E-state index in [-0.39, 0.29) is 29.3 Å². The molecule has 150 valence electrons. The van der Waals surface area contributed by atoms with Crippen molar-refractivity contribution in [1.29, 1.82) is 0 Å². The predicted molar refractivity (Wildman–Crippen MR) is 101 cm³/mol. The molecule has 8 heteroatoms. The Kier molecular flexibility index (Phi) is 5.05. The quantitative estimate of drug-likeness (QED) is 0.825. The minimum Gasteiger partial charge on any atom is -0.353 e. The van der Waals surface area contributed by atoms with E-state index in [1.165, 1.54) is 47.1 Å². The van der Waals surface area contributed by atoms with Gasteiger partial charge in [-0.3, -0.25) is 9.48 Å². The summed E-state index contributed by atoms with van der Waals surface area (Å²) in [5.74, 6) is 1.95. The van der Waals surface area contributed by atoms with Crippen molar-refractivity contribution in [2.24, 2.45) is 30.7 Å². The fourth-order valence-corrected chi connectivity index (χ4v) is 6.92. The Labute approximate surface area is 161 Å². The van der Waals surface area contributed by atoms with Gasteiger partial charge in [0.05, 0.1) is 12.1 Å². The van der Waals surface area contributed by atoms with Gasteiger partial charge in [0, 0.05) is 32.4 Å². The van der Waals surface area contributed by atoms with Crippen LogP contribution >= 0.6 is 0 Å². The van der Waals surface area contributed by atoms with Crippen LogP contribution in [0.5, 0.6) is 0 Å². The van der Waals surface area contributed by atoms with Crippen LogP contribution in [0.2, 0.25) is 0 Å². The average molecular weight is 395 g/mol. The number of sulfonamides is 1. The fourth-order valence-electron chi connectivity index (χ4n) is 5.41. The van der Waals surface area contributed by atoms with Crippen molar-refractivity contribution in [2.75, 3.05) is 13.1 Å². The maximum absolute atomic E-state index is 12.8. The SMILES string of the molecule is C[C@H](NC(=O)[C@H]1CCCN(S(=O)(=O)c2cnn(C)c2)C1)[C@@H]1C[C@H]2CC[C@H]1C2. The third kappa shape index (κ3) is 3.66. The van der Waals surface area contributed by atoms with Gasteiger partial charge in [-0.25, -0.2) is 8.42 Å². The van der Waals surface area contributed by atoms with E-state index in [2.05, 4.69) is 17.3 Å². The monoisotopic (exact) mass is 394 g/mol. The predicted octanol–water partition coefficient (Wildman–Crippen LogP) is 1.76. The van der Waals surface area contributed by atoms with Crippen LogP contribution in [-0.4, -0.2) is 47.5 Å². The minimum atomic E-state index is -3.59. The molecule has 0 spiro atoms. The van der Waals surface area contributed by atoms with Crippen molar-refractivity contribution in [3.63, 3.8) is 0 Å². The highest BCUT2D eigenvalue weighted by Crippen LogP contribution is 2.49. The summed E-state index contributed by atoms with van der Waals surface area (Å²) in [4.78, 5) is 13.0. The Morgan fingerprint density at radius 2 is 2.11 bits per heavy atom. The number of hydrogen-bond acceptors (Lipinski definition) is 4. The lowest BCUT2D eigenvalue weighted by molar-refractivity contribution is -0.127. The van der Waals surface area contributed by atoms with Gasteiger partial charge in [-0.2, -0.15) is 9.40 Å². The largest absolute Gasteiger partial charge is 0.353 e. The van der Waals surface area contributed by atoms with Gasteiger partial charge in [0.1, 0.15) is 4.90 Å². The molecular formula is C19H30N4O3S. The molecule has 0 aromatic carbocycles. The van der Waals surface area contributed by atoms with Crippen LogP contribution in [-0.2, 0) is 21.9 Å². The summed E-state index contributed by atoms with van der Waals surface area (Å²) >= 11 is 0. The van der Waals surface area contributed by atoms with Crippen molar-refractivity contribution in [1.82, 2.24) is 19.4 Å². The van der Waals surface area contributed by atoms with Crippen LogP contribution in [0.4, 0.5) is 0 Å². The summed E-state index contributed by atoms with van der Waals surface area (Å²) < 4.78 is 28.6. The lowest BCUT2D eigenvalue weighted by Gasteiger charge is -2.33. The zero-order chi connectivity index (χ0) is 19.2. The highest BCUT2D eigenvalue weighted by Gasteiger charge is 2.43. The Morgan fingerprint density at radius 3 is 2.74 bits per heavy atom. The van der Waals surface area contributed by atoms with E-state index >= 15 is 0 Å². The molecule has 2 saturated carbocycles. The van der Waals surface area contributed by atoms with Crippen molar-refractivity contribution < 1.29 is 13.2 Å². The van der Waals surface area contributed by atoms with Crippen molar-refractivity contribution >= 4 is 15.9 Å². The van der Waals surface area contributed by atoms with Crippen molar-refractivity contribution in [3.8, 4) is 0 Å². The second-order valence-electron chi connectivity index (χ2n) is 8.69. The molecule has 2 heterocycles. The number of hydrogen-bond donors (Lipinski definition) is 1. The number of nitrogens with one attached hydrogen (secondary N) is 1. The molecule has 27 heavy (non-hydrogen) atoms. The third-order valence-electron chi connectivity index (χ3n) is 6.88. The van der Waals surface area contributed by atoms with E-state index in [0.29, 0.717) is 18.9 Å². The zero-order valence-electron chi connectivity index (χ0n) is 16.2. The molecule has 7 nitrogen and oxygen atoms in total. The van der Waals surface area contributed by atoms with Crippen LogP contribution in [0.25, 0.3) is 0 Å². The molecule has 5 atom stereocenters. The number of aryl methyl sites for hydroxylation is 1. The second kappa shape index (κ2) is 7.20. The van der Waals surface area contributed by atoms with Gasteiger partial charge >= 0.3 is 0 Å². The first-order valence-corrected chi connectivity index (χ1v) is 11.6. The molecule has 1 N–H and O–H groups in total.